The van der Waals surface area contributed by atoms with Crippen LogP contribution in [0.15, 0.2) is 60.7 Å². The molecule has 1 heterocycles. The monoisotopic (exact) mass is 503 g/mol. The molecule has 0 unspecified atom stereocenters. The topological polar surface area (TPSA) is 71.0 Å². The van der Waals surface area contributed by atoms with Gasteiger partial charge in [0.25, 0.3) is 0 Å². The molecule has 0 saturated heterocycles. The van der Waals surface area contributed by atoms with Crippen LogP contribution in [0.1, 0.15) is 68.6 Å². The molecule has 5 nitrogen and oxygen atoms in total. The molecule has 0 bridgehead atoms. The standard InChI is InChI=1S/C30H34ClN3O2/c1-29(2,3)22-15-20(16-23(27(22)36)30(4,5)6)26(35)18-34-25-10-8-7-9-24(25)33(28(34)32)17-19-11-13-21(31)14-12-19/h7-16,32,36H,17-18H2,1-6H3. The van der Waals surface area contributed by atoms with Crippen molar-refractivity contribution in [3.63, 3.8) is 0 Å². The summed E-state index contributed by atoms with van der Waals surface area (Å²) in [6.07, 6.45) is 0. The van der Waals surface area contributed by atoms with Gasteiger partial charge in [-0.15, -0.1) is 0 Å². The number of nitrogens with zero attached hydrogens (tertiary/aromatic N) is 2. The number of phenols is 1. The van der Waals surface area contributed by atoms with E-state index >= 15 is 0 Å². The molecule has 2 N–H and O–H groups in total. The van der Waals surface area contributed by atoms with Crippen molar-refractivity contribution in [3.8, 4) is 5.75 Å². The van der Waals surface area contributed by atoms with E-state index in [1.165, 1.54) is 0 Å². The lowest BCUT2D eigenvalue weighted by atomic mass is 9.78. The van der Waals surface area contributed by atoms with Gasteiger partial charge in [-0.2, -0.15) is 0 Å². The molecule has 0 aliphatic carbocycles. The highest BCUT2D eigenvalue weighted by molar-refractivity contribution is 6.30. The van der Waals surface area contributed by atoms with Gasteiger partial charge in [-0.05, 0) is 52.8 Å². The quantitative estimate of drug-likeness (QED) is 0.294. The van der Waals surface area contributed by atoms with Gasteiger partial charge in [-0.1, -0.05) is 77.4 Å². The van der Waals surface area contributed by atoms with E-state index in [1.54, 1.807) is 4.57 Å². The third kappa shape index (κ3) is 4.98. The lowest BCUT2D eigenvalue weighted by molar-refractivity contribution is 0.0971. The Bertz CT molecular complexity index is 1460. The zero-order valence-electron chi connectivity index (χ0n) is 21.8. The molecule has 188 valence electrons. The number of aromatic nitrogens is 2. The number of hydrogen-bond donors (Lipinski definition) is 2. The number of Topliss-reactive ketones (excluding diaryl/α,β-unsaturated/α-hetero) is 1. The van der Waals surface area contributed by atoms with Gasteiger partial charge in [0.1, 0.15) is 5.75 Å². The molecule has 6 heteroatoms. The molecule has 0 radical (unpaired) electrons. The molecule has 0 aliphatic rings. The van der Waals surface area contributed by atoms with Crippen LogP contribution in [0.5, 0.6) is 5.75 Å². The molecule has 0 aliphatic heterocycles. The minimum absolute atomic E-state index is 0.0326. The first-order chi connectivity index (χ1) is 16.8. The van der Waals surface area contributed by atoms with E-state index in [4.69, 9.17) is 17.0 Å². The fourth-order valence-corrected chi connectivity index (χ4v) is 4.69. The second kappa shape index (κ2) is 9.29. The van der Waals surface area contributed by atoms with Gasteiger partial charge in [-0.25, -0.2) is 0 Å². The molecular formula is C30H34ClN3O2. The Kier molecular flexibility index (Phi) is 6.65. The fourth-order valence-electron chi connectivity index (χ4n) is 4.56. The first-order valence-corrected chi connectivity index (χ1v) is 12.5. The minimum atomic E-state index is -0.331. The number of para-hydroxylation sites is 2. The van der Waals surface area contributed by atoms with Crippen LogP contribution in [-0.4, -0.2) is 20.0 Å². The summed E-state index contributed by atoms with van der Waals surface area (Å²) >= 11 is 6.05. The van der Waals surface area contributed by atoms with Crippen LogP contribution in [0.2, 0.25) is 5.02 Å². The average molecular weight is 504 g/mol. The summed E-state index contributed by atoms with van der Waals surface area (Å²) in [5, 5.41) is 20.7. The molecule has 4 aromatic rings. The third-order valence-corrected chi connectivity index (χ3v) is 6.83. The van der Waals surface area contributed by atoms with Crippen molar-refractivity contribution < 1.29 is 9.90 Å². The molecule has 36 heavy (non-hydrogen) atoms. The van der Waals surface area contributed by atoms with Crippen molar-refractivity contribution in [1.82, 2.24) is 9.13 Å². The number of rotatable bonds is 5. The molecule has 4 rings (SSSR count). The first-order valence-electron chi connectivity index (χ1n) is 12.2. The lowest BCUT2D eigenvalue weighted by Gasteiger charge is -2.28. The van der Waals surface area contributed by atoms with Gasteiger partial charge in [0.2, 0.25) is 5.62 Å². The highest BCUT2D eigenvalue weighted by Crippen LogP contribution is 2.40. The van der Waals surface area contributed by atoms with Crippen LogP contribution < -0.4 is 5.62 Å². The maximum atomic E-state index is 13.7. The molecule has 0 saturated carbocycles. The molecule has 0 atom stereocenters. The summed E-state index contributed by atoms with van der Waals surface area (Å²) in [4.78, 5) is 13.7. The van der Waals surface area contributed by atoms with Crippen molar-refractivity contribution >= 4 is 28.4 Å². The molecule has 0 spiro atoms. The van der Waals surface area contributed by atoms with E-state index in [0.717, 1.165) is 27.7 Å². The molecule has 0 amide bonds. The maximum absolute atomic E-state index is 13.7. The molecule has 1 aromatic heterocycles. The Morgan fingerprint density at radius 1 is 0.861 bits per heavy atom. The minimum Gasteiger partial charge on any atom is -0.507 e. The summed E-state index contributed by atoms with van der Waals surface area (Å²) in [5.41, 5.74) is 4.38. The van der Waals surface area contributed by atoms with Crippen LogP contribution in [0.25, 0.3) is 11.0 Å². The number of benzene rings is 3. The van der Waals surface area contributed by atoms with Gasteiger partial charge < -0.3 is 14.2 Å². The van der Waals surface area contributed by atoms with Gasteiger partial charge >= 0.3 is 0 Å². The summed E-state index contributed by atoms with van der Waals surface area (Å²) in [6, 6.07) is 19.0. The number of aromatic hydroxyl groups is 1. The Balaban J connectivity index is 1.79. The van der Waals surface area contributed by atoms with E-state index in [0.29, 0.717) is 17.1 Å². The van der Waals surface area contributed by atoms with Gasteiger partial charge in [-0.3, -0.25) is 10.2 Å². The predicted octanol–water partition coefficient (Wildman–Crippen LogP) is 6.81. The highest BCUT2D eigenvalue weighted by atomic mass is 35.5. The lowest BCUT2D eigenvalue weighted by Crippen LogP contribution is -2.28. The van der Waals surface area contributed by atoms with Crippen molar-refractivity contribution in [1.29, 1.82) is 5.41 Å². The second-order valence-corrected chi connectivity index (χ2v) is 11.9. The molecule has 3 aromatic carbocycles. The highest BCUT2D eigenvalue weighted by Gasteiger charge is 2.28. The van der Waals surface area contributed by atoms with Crippen LogP contribution in [0.3, 0.4) is 0 Å². The van der Waals surface area contributed by atoms with E-state index in [1.807, 2.05) is 107 Å². The number of ketones is 1. The van der Waals surface area contributed by atoms with E-state index in [-0.39, 0.29) is 34.5 Å². The number of carbonyl (C=O) groups is 1. The number of fused-ring (bicyclic) bond motifs is 1. The Morgan fingerprint density at radius 3 is 1.86 bits per heavy atom. The molecule has 0 fully saturated rings. The summed E-state index contributed by atoms with van der Waals surface area (Å²) in [6.45, 7) is 12.7. The van der Waals surface area contributed by atoms with Gasteiger partial charge in [0, 0.05) is 21.7 Å². The SMILES string of the molecule is CC(C)(C)c1cc(C(=O)Cn2c(=N)n(Cc3ccc(Cl)cc3)c3ccccc32)cc(C(C)(C)C)c1O. The number of phenolic OH excluding ortho intramolecular Hbond substituents is 1. The number of halogens is 1. The summed E-state index contributed by atoms with van der Waals surface area (Å²) in [5.74, 6) is 0.152. The zero-order valence-corrected chi connectivity index (χ0v) is 22.6. The van der Waals surface area contributed by atoms with Crippen molar-refractivity contribution in [2.75, 3.05) is 0 Å². The summed E-state index contributed by atoms with van der Waals surface area (Å²) in [7, 11) is 0. The fraction of sp³-hybridized carbons (Fsp3) is 0.333. The Labute approximate surface area is 217 Å². The van der Waals surface area contributed by atoms with E-state index in [2.05, 4.69) is 0 Å². The Hall–Kier alpha value is -3.31. The van der Waals surface area contributed by atoms with Gasteiger partial charge in [0.05, 0.1) is 24.1 Å². The normalized spacial score (nSPS) is 12.3. The predicted molar refractivity (Wildman–Crippen MR) is 146 cm³/mol. The smallest absolute Gasteiger partial charge is 0.203 e. The van der Waals surface area contributed by atoms with Crippen LogP contribution >= 0.6 is 11.6 Å². The van der Waals surface area contributed by atoms with E-state index in [9.17, 15) is 9.90 Å². The maximum Gasteiger partial charge on any atom is 0.203 e. The number of imidazole rings is 1. The van der Waals surface area contributed by atoms with Crippen molar-refractivity contribution in [2.45, 2.75) is 65.5 Å². The van der Waals surface area contributed by atoms with Crippen molar-refractivity contribution in [2.24, 2.45) is 0 Å². The largest absolute Gasteiger partial charge is 0.507 e. The molecular weight excluding hydrogens is 470 g/mol. The van der Waals surface area contributed by atoms with E-state index < -0.39 is 0 Å². The van der Waals surface area contributed by atoms with Crippen molar-refractivity contribution in [3.05, 3.63) is 93.6 Å². The average Bonchev–Trinajstić information content (AvgIpc) is 3.05. The van der Waals surface area contributed by atoms with Crippen LogP contribution in [-0.2, 0) is 23.9 Å². The number of carbonyl (C=O) groups excluding carboxylic acids is 1. The van der Waals surface area contributed by atoms with Crippen LogP contribution in [0, 0.1) is 5.41 Å². The van der Waals surface area contributed by atoms with Crippen LogP contribution in [0.4, 0.5) is 0 Å². The Morgan fingerprint density at radius 2 is 1.36 bits per heavy atom. The zero-order chi connectivity index (χ0) is 26.4. The number of hydrogen-bond acceptors (Lipinski definition) is 3. The first kappa shape index (κ1) is 25.8. The second-order valence-electron chi connectivity index (χ2n) is 11.5. The van der Waals surface area contributed by atoms with Gasteiger partial charge in [0.15, 0.2) is 5.78 Å². The number of nitrogens with one attached hydrogen (secondary N) is 1. The third-order valence-electron chi connectivity index (χ3n) is 6.58. The summed E-state index contributed by atoms with van der Waals surface area (Å²) < 4.78 is 3.66.